The molecule has 3 aliphatic heterocycles. The van der Waals surface area contributed by atoms with Crippen LogP contribution in [0, 0.1) is 16.0 Å². The zero-order valence-electron chi connectivity index (χ0n) is 30.7. The Morgan fingerprint density at radius 1 is 1.02 bits per heavy atom. The molecule has 1 saturated heterocycles. The topological polar surface area (TPSA) is 168 Å². The van der Waals surface area contributed by atoms with Crippen LogP contribution in [0.2, 0.25) is 18.6 Å². The van der Waals surface area contributed by atoms with Crippen LogP contribution >= 0.6 is 0 Å². The number of non-ortho nitro benzene ring substituents is 1. The molecule has 2 N–H and O–H groups in total. The van der Waals surface area contributed by atoms with E-state index in [0.717, 1.165) is 22.1 Å². The molecule has 13 nitrogen and oxygen atoms in total. The van der Waals surface area contributed by atoms with Crippen LogP contribution in [0.5, 0.6) is 0 Å². The van der Waals surface area contributed by atoms with Gasteiger partial charge in [0.25, 0.3) is 17.2 Å². The second-order valence-electron chi connectivity index (χ2n) is 15.4. The Morgan fingerprint density at radius 3 is 2.44 bits per heavy atom. The smallest absolute Gasteiger partial charge is 0.279 e. The van der Waals surface area contributed by atoms with Gasteiger partial charge in [0.15, 0.2) is 13.9 Å². The second kappa shape index (κ2) is 13.6. The van der Waals surface area contributed by atoms with Crippen LogP contribution < -0.4 is 10.5 Å². The number of hydrogen-bond donors (Lipinski definition) is 2. The van der Waals surface area contributed by atoms with Crippen molar-refractivity contribution in [1.29, 1.82) is 0 Å². The summed E-state index contributed by atoms with van der Waals surface area (Å²) in [6, 6.07) is 25.9. The molecule has 0 saturated carbocycles. The fourth-order valence-electron chi connectivity index (χ4n) is 9.07. The maximum absolute atomic E-state index is 15.0. The second-order valence-corrected chi connectivity index (χ2v) is 19.3. The zero-order valence-corrected chi connectivity index (χ0v) is 31.7. The minimum atomic E-state index is -3.17. The van der Waals surface area contributed by atoms with Gasteiger partial charge in [-0.25, -0.2) is 0 Å². The molecule has 0 bridgehead atoms. The number of fused-ring (bicyclic) bond motifs is 4. The fourth-order valence-corrected chi connectivity index (χ4v) is 11.6. The number of benzene rings is 4. The van der Waals surface area contributed by atoms with Crippen molar-refractivity contribution in [2.24, 2.45) is 5.92 Å². The Hall–Kier alpha value is -5.54. The molecular formula is C41H41N5O8Si. The first-order valence-electron chi connectivity index (χ1n) is 18.4. The maximum atomic E-state index is 15.0. The molecular weight excluding hydrogens is 719 g/mol. The lowest BCUT2D eigenvalue weighted by molar-refractivity contribution is -0.385. The van der Waals surface area contributed by atoms with E-state index in [2.05, 4.69) is 5.10 Å². The molecule has 14 heteroatoms. The van der Waals surface area contributed by atoms with Gasteiger partial charge in [-0.1, -0.05) is 61.5 Å². The molecule has 1 aromatic heterocycles. The zero-order chi connectivity index (χ0) is 38.8. The van der Waals surface area contributed by atoms with Crippen LogP contribution in [0.4, 0.5) is 11.4 Å². The third kappa shape index (κ3) is 6.05. The van der Waals surface area contributed by atoms with E-state index >= 15 is 0 Å². The highest BCUT2D eigenvalue weighted by Gasteiger charge is 2.66. The van der Waals surface area contributed by atoms with Crippen molar-refractivity contribution < 1.29 is 29.2 Å². The number of carbonyl (C=O) groups is 2. The summed E-state index contributed by atoms with van der Waals surface area (Å²) in [5.74, 6) is -1.36. The predicted octanol–water partition coefficient (Wildman–Crippen LogP) is 4.97. The molecule has 0 unspecified atom stereocenters. The number of anilines is 1. The van der Waals surface area contributed by atoms with Gasteiger partial charge in [-0.15, -0.1) is 0 Å². The number of aliphatic hydroxyl groups excluding tert-OH is 1. The molecule has 282 valence electrons. The van der Waals surface area contributed by atoms with Crippen molar-refractivity contribution in [2.45, 2.75) is 69.2 Å². The van der Waals surface area contributed by atoms with Crippen LogP contribution in [0.25, 0.3) is 16.5 Å². The van der Waals surface area contributed by atoms with Gasteiger partial charge in [-0.2, -0.15) is 9.78 Å². The number of ether oxygens (including phenoxy) is 1. The van der Waals surface area contributed by atoms with Crippen LogP contribution in [-0.4, -0.2) is 68.4 Å². The normalized spacial score (nSPS) is 23.3. The Kier molecular flexibility index (Phi) is 9.03. The number of rotatable bonds is 8. The van der Waals surface area contributed by atoms with Gasteiger partial charge < -0.3 is 24.4 Å². The minimum Gasteiger partial charge on any atom is -0.432 e. The average molecular weight is 760 g/mol. The van der Waals surface area contributed by atoms with E-state index in [9.17, 15) is 34.4 Å². The summed E-state index contributed by atoms with van der Waals surface area (Å²) >= 11 is 0. The number of aromatic nitrogens is 2. The molecule has 4 heterocycles. The standard InChI is InChI=1S/C41H41N5O8Si/c1-25-38(55(2,3)53)36(20-37(48)43-23-29-10-5-4-8-27(29)18-32(43)24-47)54-41(25)34-19-31(46(51)52)16-17-35(34)44(40(41)50)22-26-12-14-30(15-13-26)45-39(49)33-11-7-6-9-28(33)21-42-45/h4-17,19,21,25,32,36,38,47,53H,18,20,22-24H2,1-3H3/t25-,32-,36+,38-,41+/m0/s1. The van der Waals surface area contributed by atoms with E-state index in [1.165, 1.54) is 16.8 Å². The Labute approximate surface area is 317 Å². The van der Waals surface area contributed by atoms with Crippen molar-refractivity contribution in [3.8, 4) is 5.69 Å². The summed E-state index contributed by atoms with van der Waals surface area (Å²) in [6.07, 6.45) is 1.10. The largest absolute Gasteiger partial charge is 0.432 e. The number of amides is 2. The van der Waals surface area contributed by atoms with Gasteiger partial charge in [0.2, 0.25) is 5.91 Å². The van der Waals surface area contributed by atoms with Gasteiger partial charge >= 0.3 is 0 Å². The lowest BCUT2D eigenvalue weighted by atomic mass is 9.82. The molecule has 5 aromatic rings. The van der Waals surface area contributed by atoms with Crippen molar-refractivity contribution >= 4 is 42.3 Å². The third-order valence-corrected chi connectivity index (χ3v) is 14.2. The fraction of sp³-hybridized carbons (Fsp3) is 0.317. The molecule has 5 atom stereocenters. The van der Waals surface area contributed by atoms with Gasteiger partial charge in [0, 0.05) is 41.1 Å². The van der Waals surface area contributed by atoms with Gasteiger partial charge in [-0.3, -0.25) is 24.5 Å². The van der Waals surface area contributed by atoms with E-state index in [0.29, 0.717) is 35.3 Å². The number of hydrogen-bond acceptors (Lipinski definition) is 9. The van der Waals surface area contributed by atoms with E-state index in [1.807, 2.05) is 43.3 Å². The van der Waals surface area contributed by atoms with Gasteiger partial charge in [-0.05, 0) is 60.5 Å². The highest BCUT2D eigenvalue weighted by molar-refractivity contribution is 6.71. The molecule has 3 aliphatic rings. The number of carbonyl (C=O) groups excluding carboxylic acids is 2. The average Bonchev–Trinajstić information content (AvgIpc) is 3.60. The molecule has 0 radical (unpaired) electrons. The quantitative estimate of drug-likeness (QED) is 0.126. The maximum Gasteiger partial charge on any atom is 0.279 e. The summed E-state index contributed by atoms with van der Waals surface area (Å²) < 4.78 is 8.15. The Balaban J connectivity index is 1.13. The molecule has 8 rings (SSSR count). The van der Waals surface area contributed by atoms with E-state index in [1.54, 1.807) is 71.6 Å². The van der Waals surface area contributed by atoms with Gasteiger partial charge in [0.05, 0.1) is 59.6 Å². The van der Waals surface area contributed by atoms with Crippen LogP contribution in [0.3, 0.4) is 0 Å². The lowest BCUT2D eigenvalue weighted by Crippen LogP contribution is -2.48. The van der Waals surface area contributed by atoms with Crippen LogP contribution in [0.15, 0.2) is 102 Å². The van der Waals surface area contributed by atoms with Crippen molar-refractivity contribution in [3.05, 3.63) is 140 Å². The van der Waals surface area contributed by atoms with E-state index < -0.39 is 48.4 Å². The van der Waals surface area contributed by atoms with E-state index in [4.69, 9.17) is 4.74 Å². The Bertz CT molecular complexity index is 2410. The molecule has 1 fully saturated rings. The Morgan fingerprint density at radius 2 is 1.73 bits per heavy atom. The predicted molar refractivity (Wildman–Crippen MR) is 207 cm³/mol. The third-order valence-electron chi connectivity index (χ3n) is 11.7. The summed E-state index contributed by atoms with van der Waals surface area (Å²) in [7, 11) is -3.17. The summed E-state index contributed by atoms with van der Waals surface area (Å²) in [4.78, 5) is 68.9. The van der Waals surface area contributed by atoms with E-state index in [-0.39, 0.29) is 36.7 Å². The number of nitrogens with zero attached hydrogens (tertiary/aromatic N) is 5. The molecule has 1 spiro atoms. The van der Waals surface area contributed by atoms with Crippen molar-refractivity contribution in [1.82, 2.24) is 14.7 Å². The first-order chi connectivity index (χ1) is 26.3. The highest BCUT2D eigenvalue weighted by Crippen LogP contribution is 2.60. The molecule has 4 aromatic carbocycles. The van der Waals surface area contributed by atoms with Crippen LogP contribution in [0.1, 0.15) is 35.6 Å². The minimum absolute atomic E-state index is 0.0847. The lowest BCUT2D eigenvalue weighted by Gasteiger charge is -2.37. The summed E-state index contributed by atoms with van der Waals surface area (Å²) in [5.41, 5.74) is 1.30. The highest BCUT2D eigenvalue weighted by atomic mass is 28.4. The monoisotopic (exact) mass is 759 g/mol. The van der Waals surface area contributed by atoms with Crippen molar-refractivity contribution in [3.63, 3.8) is 0 Å². The first-order valence-corrected chi connectivity index (χ1v) is 21.4. The molecule has 55 heavy (non-hydrogen) atoms. The summed E-state index contributed by atoms with van der Waals surface area (Å²) in [5, 5.41) is 28.0. The first kappa shape index (κ1) is 36.4. The molecule has 2 amide bonds. The van der Waals surface area contributed by atoms with Crippen molar-refractivity contribution in [2.75, 3.05) is 11.5 Å². The van der Waals surface area contributed by atoms with Gasteiger partial charge in [0.1, 0.15) is 0 Å². The molecule has 0 aliphatic carbocycles. The number of nitro groups is 1. The van der Waals surface area contributed by atoms with Crippen LogP contribution in [-0.2, 0) is 39.4 Å². The SMILES string of the molecule is C[C@H]1[C@H]([Si](C)(C)O)[C@@H](CC(=O)N2Cc3ccccc3C[C@H]2CO)O[C@]12C(=O)N(Cc1ccc(-n3ncc4ccccc4c3=O)cc1)c1ccc([N+](=O)[O-])cc12. The number of aliphatic hydroxyl groups is 1. The number of nitro benzene ring substituents is 1. The summed E-state index contributed by atoms with van der Waals surface area (Å²) in [6.45, 7) is 5.50.